The zero-order valence-electron chi connectivity index (χ0n) is 36.5. The maximum absolute atomic E-state index is 13.8. The lowest BCUT2D eigenvalue weighted by Crippen LogP contribution is -2.54. The number of nitrogens with two attached hydrogens (primary N) is 1. The highest BCUT2D eigenvalue weighted by Gasteiger charge is 2.42. The van der Waals surface area contributed by atoms with Crippen LogP contribution in [-0.4, -0.2) is 121 Å². The minimum atomic E-state index is -0.793. The lowest BCUT2D eigenvalue weighted by molar-refractivity contribution is -0.146. The Morgan fingerprint density at radius 1 is 1.00 bits per heavy atom. The van der Waals surface area contributed by atoms with Crippen LogP contribution in [0.25, 0.3) is 0 Å². The molecule has 0 aromatic rings. The first-order chi connectivity index (χ1) is 25.8. The van der Waals surface area contributed by atoms with Crippen molar-refractivity contribution in [3.8, 4) is 0 Å². The van der Waals surface area contributed by atoms with E-state index in [2.05, 4.69) is 25.7 Å². The van der Waals surface area contributed by atoms with Gasteiger partial charge in [-0.15, -0.1) is 0 Å². The second-order valence-corrected chi connectivity index (χ2v) is 16.3. The number of hydrogen-bond donors (Lipinski definition) is 3. The summed E-state index contributed by atoms with van der Waals surface area (Å²) in [5.74, 6) is -0.447. The van der Waals surface area contributed by atoms with E-state index in [-0.39, 0.29) is 65.9 Å². The predicted octanol–water partition coefficient (Wildman–Crippen LogP) is 5.45. The Bertz CT molecular complexity index is 1300. The fourth-order valence-electron chi connectivity index (χ4n) is 7.81. The second-order valence-electron chi connectivity index (χ2n) is 16.3. The highest BCUT2D eigenvalue weighted by molar-refractivity contribution is 5.81. The van der Waals surface area contributed by atoms with E-state index in [4.69, 9.17) is 15.2 Å². The van der Waals surface area contributed by atoms with Gasteiger partial charge in [0.1, 0.15) is 6.04 Å². The molecule has 1 aliphatic carbocycles. The number of rotatable bonds is 21. The third-order valence-corrected chi connectivity index (χ3v) is 11.3. The largest absolute Gasteiger partial charge is 0.386 e. The number of aliphatic hydroxyl groups excluding tert-OH is 1. The number of methoxy groups -OCH3 is 2. The molecule has 9 atom stereocenters. The van der Waals surface area contributed by atoms with Gasteiger partial charge in [-0.05, 0) is 62.4 Å². The number of primary amides is 1. The Kier molecular flexibility index (Phi) is 22.1. The molecular formula is C43H77N5O7. The molecule has 1 aliphatic heterocycles. The van der Waals surface area contributed by atoms with Crippen LogP contribution in [0.5, 0.6) is 0 Å². The second kappa shape index (κ2) is 24.4. The highest BCUT2D eigenvalue weighted by Crippen LogP contribution is 2.30. The van der Waals surface area contributed by atoms with Crippen molar-refractivity contribution in [1.82, 2.24) is 20.0 Å². The summed E-state index contributed by atoms with van der Waals surface area (Å²) in [5.41, 5.74) is 7.07. The normalized spacial score (nSPS) is 19.9. The maximum atomic E-state index is 13.8. The number of carbonyl (C=O) groups is 4. The zero-order valence-corrected chi connectivity index (χ0v) is 36.5. The Balaban J connectivity index is 0.000000988. The van der Waals surface area contributed by atoms with Crippen LogP contribution in [0.2, 0.25) is 0 Å². The zero-order chi connectivity index (χ0) is 42.2. The first-order valence-electron chi connectivity index (χ1n) is 20.4. The first kappa shape index (κ1) is 49.8. The van der Waals surface area contributed by atoms with E-state index < -0.39 is 30.3 Å². The van der Waals surface area contributed by atoms with E-state index in [0.29, 0.717) is 13.0 Å². The van der Waals surface area contributed by atoms with Gasteiger partial charge in [0.2, 0.25) is 23.6 Å². The van der Waals surface area contributed by atoms with Crippen LogP contribution in [0, 0.1) is 23.7 Å². The van der Waals surface area contributed by atoms with Crippen LogP contribution in [0.3, 0.4) is 0 Å². The third kappa shape index (κ3) is 14.7. The average molecular weight is 776 g/mol. The van der Waals surface area contributed by atoms with Crippen molar-refractivity contribution in [3.05, 3.63) is 36.1 Å². The van der Waals surface area contributed by atoms with Crippen LogP contribution < -0.4 is 11.1 Å². The minimum absolute atomic E-state index is 0.0540. The standard InChI is InChI=1S/C33H57N3O6.C10H20N2O/c1-10-22(4)30(35(7)28(37)19-21(2)3)27(41-8)20-29(38)36-18-14-17-26(36)32(42-9)23(5)33(40)34-24(6)31(39)25-15-12-11-13-16-25;1-6-8(4)12(5)9(7(2)3)10(11)13/h12,15-16,21-24,26-27,30-32,39H,10-11,13-14,17-20H2,1-9H3,(H,34,40);7,9H,4,6H2,1-3,5H3,(H2,11,13). The lowest BCUT2D eigenvalue weighted by atomic mass is 9.90. The first-order valence-corrected chi connectivity index (χ1v) is 20.4. The van der Waals surface area contributed by atoms with Gasteiger partial charge in [0, 0.05) is 47.0 Å². The molecule has 0 saturated carbocycles. The van der Waals surface area contributed by atoms with Gasteiger partial charge in [-0.1, -0.05) is 86.6 Å². The molecule has 12 heteroatoms. The fourth-order valence-corrected chi connectivity index (χ4v) is 7.81. The van der Waals surface area contributed by atoms with Gasteiger partial charge < -0.3 is 40.3 Å². The van der Waals surface area contributed by atoms with Gasteiger partial charge >= 0.3 is 0 Å². The molecule has 1 heterocycles. The van der Waals surface area contributed by atoms with E-state index >= 15 is 0 Å². The molecule has 0 radical (unpaired) electrons. The van der Waals surface area contributed by atoms with Crippen LogP contribution in [-0.2, 0) is 28.7 Å². The van der Waals surface area contributed by atoms with Crippen molar-refractivity contribution in [2.75, 3.05) is 34.9 Å². The number of nitrogens with one attached hydrogen (secondary N) is 1. The molecule has 0 aromatic heterocycles. The van der Waals surface area contributed by atoms with Crippen LogP contribution in [0.1, 0.15) is 114 Å². The SMILES string of the molecule is C=C(CC)N(C)C(C(N)=O)C(C)C.CCC(C)C(C(CC(=O)N1CCCC1C(OC)C(C)C(=O)NC(C)C(O)C1=CCCC=C1)OC)N(C)C(=O)CC(C)C. The van der Waals surface area contributed by atoms with Crippen molar-refractivity contribution in [2.45, 2.75) is 156 Å². The molecule has 316 valence electrons. The van der Waals surface area contributed by atoms with Crippen molar-refractivity contribution >= 4 is 23.6 Å². The molecule has 4 amide bonds. The fraction of sp³-hybridized carbons (Fsp3) is 0.767. The van der Waals surface area contributed by atoms with Gasteiger partial charge in [0.15, 0.2) is 0 Å². The van der Waals surface area contributed by atoms with Crippen molar-refractivity contribution in [2.24, 2.45) is 29.4 Å². The van der Waals surface area contributed by atoms with Crippen LogP contribution >= 0.6 is 0 Å². The molecular weight excluding hydrogens is 699 g/mol. The maximum Gasteiger partial charge on any atom is 0.240 e. The van der Waals surface area contributed by atoms with Crippen LogP contribution in [0.4, 0.5) is 0 Å². The molecule has 12 nitrogen and oxygen atoms in total. The summed E-state index contributed by atoms with van der Waals surface area (Å²) >= 11 is 0. The number of aliphatic hydroxyl groups is 1. The van der Waals surface area contributed by atoms with Gasteiger partial charge in [-0.2, -0.15) is 0 Å². The van der Waals surface area contributed by atoms with Crippen molar-refractivity contribution < 1.29 is 33.8 Å². The molecule has 0 aromatic carbocycles. The molecule has 1 fully saturated rings. The molecule has 55 heavy (non-hydrogen) atoms. The van der Waals surface area contributed by atoms with Gasteiger partial charge in [0.05, 0.1) is 48.8 Å². The van der Waals surface area contributed by atoms with E-state index in [1.54, 1.807) is 26.0 Å². The van der Waals surface area contributed by atoms with Gasteiger partial charge in [0.25, 0.3) is 0 Å². The van der Waals surface area contributed by atoms with Gasteiger partial charge in [-0.25, -0.2) is 0 Å². The molecule has 0 spiro atoms. The summed E-state index contributed by atoms with van der Waals surface area (Å²) < 4.78 is 11.8. The molecule has 2 rings (SSSR count). The Labute approximate surface area is 333 Å². The molecule has 2 aliphatic rings. The Hall–Kier alpha value is -3.22. The lowest BCUT2D eigenvalue weighted by Gasteiger charge is -2.39. The number of allylic oxidation sites excluding steroid dienone is 3. The summed E-state index contributed by atoms with van der Waals surface area (Å²) in [6.45, 7) is 22.3. The summed E-state index contributed by atoms with van der Waals surface area (Å²) in [4.78, 5) is 56.7. The van der Waals surface area contributed by atoms with E-state index in [1.165, 1.54) is 0 Å². The Morgan fingerprint density at radius 3 is 2.11 bits per heavy atom. The third-order valence-electron chi connectivity index (χ3n) is 11.3. The summed E-state index contributed by atoms with van der Waals surface area (Å²) in [7, 11) is 6.87. The smallest absolute Gasteiger partial charge is 0.240 e. The number of ether oxygens (including phenoxy) is 2. The van der Waals surface area contributed by atoms with Crippen LogP contribution in [0.15, 0.2) is 36.1 Å². The molecule has 0 bridgehead atoms. The van der Waals surface area contributed by atoms with E-state index in [1.807, 2.05) is 83.7 Å². The number of likely N-dealkylation sites (tertiary alicyclic amines) is 1. The summed E-state index contributed by atoms with van der Waals surface area (Å²) in [6, 6.07) is -1.20. The molecule has 1 saturated heterocycles. The van der Waals surface area contributed by atoms with E-state index in [0.717, 1.165) is 49.8 Å². The average Bonchev–Trinajstić information content (AvgIpc) is 3.63. The number of hydrogen-bond acceptors (Lipinski definition) is 8. The number of nitrogens with zero attached hydrogens (tertiary/aromatic N) is 3. The Morgan fingerprint density at radius 2 is 1.64 bits per heavy atom. The molecule has 9 unspecified atom stereocenters. The summed E-state index contributed by atoms with van der Waals surface area (Å²) in [5, 5.41) is 13.7. The van der Waals surface area contributed by atoms with E-state index in [9.17, 15) is 24.3 Å². The van der Waals surface area contributed by atoms with Crippen molar-refractivity contribution in [1.29, 1.82) is 0 Å². The van der Waals surface area contributed by atoms with Crippen molar-refractivity contribution in [3.63, 3.8) is 0 Å². The molecule has 4 N–H and O–H groups in total. The highest BCUT2D eigenvalue weighted by atomic mass is 16.5. The number of carbonyl (C=O) groups excluding carboxylic acids is 4. The summed E-state index contributed by atoms with van der Waals surface area (Å²) in [6.07, 6.45) is 9.86. The minimum Gasteiger partial charge on any atom is -0.386 e. The topological polar surface area (TPSA) is 155 Å². The predicted molar refractivity (Wildman–Crippen MR) is 221 cm³/mol. The monoisotopic (exact) mass is 776 g/mol. The number of amides is 4. The van der Waals surface area contributed by atoms with Gasteiger partial charge in [-0.3, -0.25) is 19.2 Å². The quantitative estimate of drug-likeness (QED) is 0.139. The number of likely N-dealkylation sites (N-methyl/N-ethyl adjacent to an activating group) is 2.